The first kappa shape index (κ1) is 17.6. The molecule has 1 aromatic rings. The second-order valence-corrected chi connectivity index (χ2v) is 4.83. The van der Waals surface area contributed by atoms with Crippen LogP contribution in [0.15, 0.2) is 16.6 Å². The van der Waals surface area contributed by atoms with Crippen molar-refractivity contribution in [2.24, 2.45) is 0 Å². The molecule has 0 fully saturated rings. The van der Waals surface area contributed by atoms with E-state index in [0.717, 1.165) is 0 Å². The Morgan fingerprint density at radius 2 is 1.86 bits per heavy atom. The third kappa shape index (κ3) is 3.62. The zero-order chi connectivity index (χ0) is 16.2. The molecule has 0 aliphatic heterocycles. The molecule has 1 rings (SSSR count). The molecule has 0 aromatic heterocycles. The number of esters is 1. The topological polar surface area (TPSA) is 65.0 Å². The Morgan fingerprint density at radius 3 is 2.33 bits per heavy atom. The molecule has 0 amide bonds. The van der Waals surface area contributed by atoms with Gasteiger partial charge in [0.25, 0.3) is 0 Å². The Labute approximate surface area is 128 Å². The minimum absolute atomic E-state index is 0.148. The van der Waals surface area contributed by atoms with Crippen molar-refractivity contribution in [3.8, 4) is 11.5 Å². The molecule has 0 heterocycles. The summed E-state index contributed by atoms with van der Waals surface area (Å²) in [5, 5.41) is 9.83. The molecule has 21 heavy (non-hydrogen) atoms. The summed E-state index contributed by atoms with van der Waals surface area (Å²) < 4.78 is 42.1. The monoisotopic (exact) mass is 368 g/mol. The lowest BCUT2D eigenvalue weighted by molar-refractivity contribution is -0.189. The molecule has 0 saturated carbocycles. The first-order chi connectivity index (χ1) is 9.79. The van der Waals surface area contributed by atoms with Crippen LogP contribution in [0.25, 0.3) is 0 Å². The van der Waals surface area contributed by atoms with E-state index in [0.29, 0.717) is 5.75 Å². The third-order valence-electron chi connectivity index (χ3n) is 2.69. The van der Waals surface area contributed by atoms with Gasteiger partial charge in [0.15, 0.2) is 17.6 Å². The summed E-state index contributed by atoms with van der Waals surface area (Å²) in [5.74, 6) is -5.44. The fraction of sp³-hybridized carbons (Fsp3) is 0.462. The number of ether oxygens (including phenoxy) is 3. The van der Waals surface area contributed by atoms with Gasteiger partial charge >= 0.3 is 11.9 Å². The zero-order valence-corrected chi connectivity index (χ0v) is 13.2. The predicted octanol–water partition coefficient (Wildman–Crippen LogP) is 2.70. The minimum Gasteiger partial charge on any atom is -0.493 e. The van der Waals surface area contributed by atoms with Gasteiger partial charge in [-0.1, -0.05) is 15.9 Å². The average Bonchev–Trinajstić information content (AvgIpc) is 2.46. The summed E-state index contributed by atoms with van der Waals surface area (Å²) in [6.45, 7) is 1.18. The Kier molecular flexibility index (Phi) is 5.91. The van der Waals surface area contributed by atoms with Gasteiger partial charge in [0.1, 0.15) is 0 Å². The van der Waals surface area contributed by atoms with Crippen molar-refractivity contribution in [3.63, 3.8) is 0 Å². The van der Waals surface area contributed by atoms with Crippen molar-refractivity contribution >= 4 is 21.9 Å². The highest BCUT2D eigenvalue weighted by Crippen LogP contribution is 2.41. The van der Waals surface area contributed by atoms with E-state index in [4.69, 9.17) is 9.47 Å². The second kappa shape index (κ2) is 7.04. The lowest BCUT2D eigenvalue weighted by atomic mass is 10.0. The molecule has 118 valence electrons. The van der Waals surface area contributed by atoms with Crippen LogP contribution in [-0.4, -0.2) is 37.8 Å². The molecule has 0 bridgehead atoms. The number of hydrogen-bond acceptors (Lipinski definition) is 5. The van der Waals surface area contributed by atoms with Gasteiger partial charge in [-0.15, -0.1) is 0 Å². The number of rotatable bonds is 6. The van der Waals surface area contributed by atoms with Gasteiger partial charge in [-0.3, -0.25) is 0 Å². The normalized spacial score (nSPS) is 12.7. The van der Waals surface area contributed by atoms with Gasteiger partial charge < -0.3 is 19.3 Å². The largest absolute Gasteiger partial charge is 0.493 e. The van der Waals surface area contributed by atoms with Gasteiger partial charge in [0, 0.05) is 10.0 Å². The molecule has 0 radical (unpaired) electrons. The van der Waals surface area contributed by atoms with Crippen molar-refractivity contribution < 1.29 is 32.9 Å². The van der Waals surface area contributed by atoms with Gasteiger partial charge in [0.05, 0.1) is 20.8 Å². The fourth-order valence-corrected chi connectivity index (χ4v) is 2.15. The van der Waals surface area contributed by atoms with Crippen LogP contribution >= 0.6 is 15.9 Å². The Hall–Kier alpha value is -1.41. The molecule has 0 aliphatic carbocycles. The van der Waals surface area contributed by atoms with E-state index in [1.807, 2.05) is 0 Å². The van der Waals surface area contributed by atoms with Gasteiger partial charge in [-0.05, 0) is 19.1 Å². The minimum atomic E-state index is -4.09. The number of halogens is 3. The number of benzene rings is 1. The highest BCUT2D eigenvalue weighted by molar-refractivity contribution is 9.10. The maximum Gasteiger partial charge on any atom is 0.380 e. The highest BCUT2D eigenvalue weighted by atomic mass is 79.9. The number of aliphatic hydroxyl groups excluding tert-OH is 1. The molecular formula is C13H15BrF2O5. The highest BCUT2D eigenvalue weighted by Gasteiger charge is 2.49. The fourth-order valence-electron chi connectivity index (χ4n) is 1.61. The maximum absolute atomic E-state index is 13.9. The molecule has 0 spiro atoms. The molecule has 0 saturated heterocycles. The van der Waals surface area contributed by atoms with Crippen LogP contribution in [0.3, 0.4) is 0 Å². The van der Waals surface area contributed by atoms with Crippen LogP contribution in [-0.2, 0) is 9.53 Å². The van der Waals surface area contributed by atoms with Crippen LogP contribution in [0.1, 0.15) is 18.6 Å². The van der Waals surface area contributed by atoms with E-state index >= 15 is 0 Å². The Morgan fingerprint density at radius 1 is 1.33 bits per heavy atom. The third-order valence-corrected chi connectivity index (χ3v) is 3.38. The van der Waals surface area contributed by atoms with E-state index in [1.165, 1.54) is 33.3 Å². The van der Waals surface area contributed by atoms with E-state index in [-0.39, 0.29) is 22.4 Å². The molecular weight excluding hydrogens is 354 g/mol. The zero-order valence-electron chi connectivity index (χ0n) is 11.7. The van der Waals surface area contributed by atoms with Crippen molar-refractivity contribution in [2.45, 2.75) is 19.0 Å². The SMILES string of the molecule is CCOC(=O)C(F)(F)C(O)c1cc(OC)c(OC)cc1Br. The first-order valence-corrected chi connectivity index (χ1v) is 6.73. The number of hydrogen-bond donors (Lipinski definition) is 1. The summed E-state index contributed by atoms with van der Waals surface area (Å²) in [7, 11) is 2.71. The van der Waals surface area contributed by atoms with Gasteiger partial charge in [0.2, 0.25) is 0 Å². The van der Waals surface area contributed by atoms with Gasteiger partial charge in [-0.25, -0.2) is 4.79 Å². The quantitative estimate of drug-likeness (QED) is 0.782. The molecule has 0 aliphatic rings. The Bertz CT molecular complexity index is 522. The smallest absolute Gasteiger partial charge is 0.380 e. The number of alkyl halides is 2. The molecule has 1 aromatic carbocycles. The van der Waals surface area contributed by atoms with Crippen LogP contribution < -0.4 is 9.47 Å². The van der Waals surface area contributed by atoms with E-state index < -0.39 is 18.0 Å². The molecule has 1 unspecified atom stereocenters. The Balaban J connectivity index is 3.23. The number of carbonyl (C=O) groups excluding carboxylic acids is 1. The number of carbonyl (C=O) groups is 1. The average molecular weight is 369 g/mol. The lowest BCUT2D eigenvalue weighted by Gasteiger charge is -2.22. The standard InChI is InChI=1S/C13H15BrF2O5/c1-4-21-12(18)13(15,16)11(17)7-5-9(19-2)10(20-3)6-8(7)14/h5-6,11,17H,4H2,1-3H3. The van der Waals surface area contributed by atoms with Crippen molar-refractivity contribution in [1.82, 2.24) is 0 Å². The van der Waals surface area contributed by atoms with Crippen LogP contribution in [0.4, 0.5) is 8.78 Å². The van der Waals surface area contributed by atoms with Crippen molar-refractivity contribution in [3.05, 3.63) is 22.2 Å². The summed E-state index contributed by atoms with van der Waals surface area (Å²) in [4.78, 5) is 11.3. The second-order valence-electron chi connectivity index (χ2n) is 3.97. The number of methoxy groups -OCH3 is 2. The van der Waals surface area contributed by atoms with Gasteiger partial charge in [-0.2, -0.15) is 8.78 Å². The number of aliphatic hydroxyl groups is 1. The maximum atomic E-state index is 13.9. The van der Waals surface area contributed by atoms with Crippen LogP contribution in [0, 0.1) is 0 Å². The molecule has 1 N–H and O–H groups in total. The summed E-state index contributed by atoms with van der Waals surface area (Å²) in [6.07, 6.45) is -2.38. The lowest BCUT2D eigenvalue weighted by Crippen LogP contribution is -2.37. The molecule has 8 heteroatoms. The predicted molar refractivity (Wildman–Crippen MR) is 73.8 cm³/mol. The summed E-state index contributed by atoms with van der Waals surface area (Å²) >= 11 is 3.05. The van der Waals surface area contributed by atoms with E-state index in [9.17, 15) is 18.7 Å². The van der Waals surface area contributed by atoms with E-state index in [1.54, 1.807) is 0 Å². The van der Waals surface area contributed by atoms with E-state index in [2.05, 4.69) is 20.7 Å². The summed E-state index contributed by atoms with van der Waals surface area (Å²) in [5.41, 5.74) is -0.217. The molecule has 5 nitrogen and oxygen atoms in total. The summed E-state index contributed by atoms with van der Waals surface area (Å²) in [6, 6.07) is 2.53. The molecule has 1 atom stereocenters. The van der Waals surface area contributed by atoms with Crippen molar-refractivity contribution in [1.29, 1.82) is 0 Å². The van der Waals surface area contributed by atoms with Crippen LogP contribution in [0.2, 0.25) is 0 Å². The first-order valence-electron chi connectivity index (χ1n) is 5.94. The van der Waals surface area contributed by atoms with Crippen molar-refractivity contribution in [2.75, 3.05) is 20.8 Å². The van der Waals surface area contributed by atoms with Crippen LogP contribution in [0.5, 0.6) is 11.5 Å².